The topological polar surface area (TPSA) is 29.5 Å². The van der Waals surface area contributed by atoms with Crippen molar-refractivity contribution in [3.05, 3.63) is 33.8 Å². The molecule has 1 aliphatic heterocycles. The first-order chi connectivity index (χ1) is 9.29. The van der Waals surface area contributed by atoms with E-state index in [1.54, 1.807) is 4.90 Å². The highest BCUT2D eigenvalue weighted by Gasteiger charge is 2.32. The summed E-state index contributed by atoms with van der Waals surface area (Å²) < 4.78 is 43.2. The van der Waals surface area contributed by atoms with Gasteiger partial charge < -0.3 is 9.64 Å². The van der Waals surface area contributed by atoms with Gasteiger partial charge in [0.25, 0.3) is 5.91 Å². The molecule has 3 nitrogen and oxygen atoms in total. The lowest BCUT2D eigenvalue weighted by molar-refractivity contribution is -0.137. The molecule has 0 N–H and O–H groups in total. The quantitative estimate of drug-likeness (QED) is 0.776. The van der Waals surface area contributed by atoms with Crippen LogP contribution in [0.3, 0.4) is 0 Å². The second kappa shape index (κ2) is 5.73. The van der Waals surface area contributed by atoms with E-state index in [4.69, 9.17) is 4.74 Å². The lowest BCUT2D eigenvalue weighted by Gasteiger charge is -2.31. The van der Waals surface area contributed by atoms with Gasteiger partial charge in [0.1, 0.15) is 0 Å². The van der Waals surface area contributed by atoms with Crippen LogP contribution in [0.1, 0.15) is 22.8 Å². The Morgan fingerprint density at radius 2 is 2.15 bits per heavy atom. The molecule has 0 bridgehead atoms. The van der Waals surface area contributed by atoms with Gasteiger partial charge in [-0.05, 0) is 41.1 Å². The third-order valence-electron chi connectivity index (χ3n) is 3.06. The average Bonchev–Trinajstić information content (AvgIpc) is 2.36. The molecule has 2 rings (SSSR count). The summed E-state index contributed by atoms with van der Waals surface area (Å²) in [6.07, 6.45) is -4.49. The molecule has 1 fully saturated rings. The molecule has 1 saturated heterocycles. The van der Waals surface area contributed by atoms with Crippen LogP contribution < -0.4 is 0 Å². The van der Waals surface area contributed by atoms with Crippen molar-refractivity contribution in [3.63, 3.8) is 0 Å². The maximum atomic E-state index is 12.6. The first-order valence-electron chi connectivity index (χ1n) is 6.06. The minimum Gasteiger partial charge on any atom is -0.375 e. The van der Waals surface area contributed by atoms with Crippen molar-refractivity contribution in [1.82, 2.24) is 4.90 Å². The van der Waals surface area contributed by atoms with Gasteiger partial charge in [-0.15, -0.1) is 0 Å². The number of hydrogen-bond donors (Lipinski definition) is 0. The molecule has 1 atom stereocenters. The third-order valence-corrected chi connectivity index (χ3v) is 3.71. The van der Waals surface area contributed by atoms with E-state index in [0.29, 0.717) is 19.7 Å². The molecule has 0 spiro atoms. The van der Waals surface area contributed by atoms with E-state index >= 15 is 0 Å². The minimum atomic E-state index is -4.42. The van der Waals surface area contributed by atoms with E-state index in [1.807, 2.05) is 6.92 Å². The first-order valence-corrected chi connectivity index (χ1v) is 6.86. The Morgan fingerprint density at radius 1 is 1.45 bits per heavy atom. The molecule has 0 aliphatic carbocycles. The Labute approximate surface area is 122 Å². The zero-order valence-corrected chi connectivity index (χ0v) is 12.3. The van der Waals surface area contributed by atoms with Gasteiger partial charge in [0.15, 0.2) is 0 Å². The smallest absolute Gasteiger partial charge is 0.375 e. The van der Waals surface area contributed by atoms with Crippen molar-refractivity contribution in [2.24, 2.45) is 0 Å². The highest BCUT2D eigenvalue weighted by atomic mass is 79.9. The van der Waals surface area contributed by atoms with Crippen molar-refractivity contribution >= 4 is 21.8 Å². The highest BCUT2D eigenvalue weighted by Crippen LogP contribution is 2.32. The van der Waals surface area contributed by atoms with Crippen molar-refractivity contribution < 1.29 is 22.7 Å². The number of carbonyl (C=O) groups is 1. The number of benzene rings is 1. The summed E-state index contributed by atoms with van der Waals surface area (Å²) in [4.78, 5) is 13.9. The molecule has 0 saturated carbocycles. The van der Waals surface area contributed by atoms with E-state index in [-0.39, 0.29) is 22.0 Å². The van der Waals surface area contributed by atoms with Gasteiger partial charge in [-0.2, -0.15) is 13.2 Å². The SMILES string of the molecule is C[C@@H]1CN(C(=O)c2ccc(C(F)(F)F)cc2Br)CCO1. The zero-order valence-electron chi connectivity index (χ0n) is 10.7. The van der Waals surface area contributed by atoms with Crippen molar-refractivity contribution in [1.29, 1.82) is 0 Å². The van der Waals surface area contributed by atoms with Crippen molar-refractivity contribution in [3.8, 4) is 0 Å². The number of carbonyl (C=O) groups excluding carboxylic acids is 1. The molecule has 110 valence electrons. The average molecular weight is 352 g/mol. The van der Waals surface area contributed by atoms with Crippen LogP contribution in [-0.4, -0.2) is 36.6 Å². The van der Waals surface area contributed by atoms with Gasteiger partial charge in [0, 0.05) is 17.6 Å². The number of morpholine rings is 1. The number of alkyl halides is 3. The second-order valence-electron chi connectivity index (χ2n) is 4.62. The van der Waals surface area contributed by atoms with Crippen LogP contribution in [0.25, 0.3) is 0 Å². The summed E-state index contributed by atoms with van der Waals surface area (Å²) in [6, 6.07) is 3.05. The molecule has 1 aromatic carbocycles. The fourth-order valence-corrected chi connectivity index (χ4v) is 2.59. The molecule has 1 amide bonds. The lowest BCUT2D eigenvalue weighted by Crippen LogP contribution is -2.44. The number of nitrogens with zero attached hydrogens (tertiary/aromatic N) is 1. The van der Waals surface area contributed by atoms with Gasteiger partial charge >= 0.3 is 6.18 Å². The van der Waals surface area contributed by atoms with Crippen LogP contribution in [0.5, 0.6) is 0 Å². The van der Waals surface area contributed by atoms with Crippen molar-refractivity contribution in [2.45, 2.75) is 19.2 Å². The first kappa shape index (κ1) is 15.3. The highest BCUT2D eigenvalue weighted by molar-refractivity contribution is 9.10. The molecule has 1 heterocycles. The van der Waals surface area contributed by atoms with Gasteiger partial charge in [-0.1, -0.05) is 0 Å². The van der Waals surface area contributed by atoms with Gasteiger partial charge in [0.2, 0.25) is 0 Å². The zero-order chi connectivity index (χ0) is 14.9. The Morgan fingerprint density at radius 3 is 2.70 bits per heavy atom. The molecule has 0 radical (unpaired) electrons. The summed E-state index contributed by atoms with van der Waals surface area (Å²) in [7, 11) is 0. The van der Waals surface area contributed by atoms with Crippen LogP contribution in [0.15, 0.2) is 22.7 Å². The molecule has 20 heavy (non-hydrogen) atoms. The minimum absolute atomic E-state index is 0.0686. The number of hydrogen-bond acceptors (Lipinski definition) is 2. The van der Waals surface area contributed by atoms with Crippen LogP contribution in [0.4, 0.5) is 13.2 Å². The Kier molecular flexibility index (Phi) is 4.39. The van der Waals surface area contributed by atoms with E-state index < -0.39 is 11.7 Å². The summed E-state index contributed by atoms with van der Waals surface area (Å²) in [5.74, 6) is -0.291. The van der Waals surface area contributed by atoms with E-state index in [2.05, 4.69) is 15.9 Å². The predicted molar refractivity (Wildman–Crippen MR) is 70.5 cm³/mol. The molecule has 0 aromatic heterocycles. The van der Waals surface area contributed by atoms with Crippen molar-refractivity contribution in [2.75, 3.05) is 19.7 Å². The number of halogens is 4. The van der Waals surface area contributed by atoms with Gasteiger partial charge in [-0.3, -0.25) is 4.79 Å². The number of ether oxygens (including phenoxy) is 1. The van der Waals surface area contributed by atoms with E-state index in [1.165, 1.54) is 6.07 Å². The predicted octanol–water partition coefficient (Wildman–Crippen LogP) is 3.33. The third kappa shape index (κ3) is 3.32. The molecular formula is C13H13BrF3NO2. The van der Waals surface area contributed by atoms with Crippen LogP contribution in [0.2, 0.25) is 0 Å². The molecule has 1 aliphatic rings. The Hall–Kier alpha value is -1.08. The number of amides is 1. The van der Waals surface area contributed by atoms with Gasteiger partial charge in [-0.25, -0.2) is 0 Å². The molecule has 0 unspecified atom stereocenters. The maximum Gasteiger partial charge on any atom is 0.416 e. The number of rotatable bonds is 1. The van der Waals surface area contributed by atoms with E-state index in [9.17, 15) is 18.0 Å². The molecule has 7 heteroatoms. The Bertz CT molecular complexity index is 519. The summed E-state index contributed by atoms with van der Waals surface area (Å²) in [5.41, 5.74) is -0.552. The molecular weight excluding hydrogens is 339 g/mol. The lowest BCUT2D eigenvalue weighted by atomic mass is 10.1. The largest absolute Gasteiger partial charge is 0.416 e. The summed E-state index contributed by atoms with van der Waals surface area (Å²) >= 11 is 3.04. The summed E-state index contributed by atoms with van der Waals surface area (Å²) in [5, 5.41) is 0. The van der Waals surface area contributed by atoms with Crippen LogP contribution in [-0.2, 0) is 10.9 Å². The molecule has 1 aromatic rings. The Balaban J connectivity index is 2.22. The normalized spacial score (nSPS) is 20.1. The maximum absolute atomic E-state index is 12.6. The monoisotopic (exact) mass is 351 g/mol. The van der Waals surface area contributed by atoms with Crippen LogP contribution in [0, 0.1) is 0 Å². The van der Waals surface area contributed by atoms with Crippen LogP contribution >= 0.6 is 15.9 Å². The summed E-state index contributed by atoms with van der Waals surface area (Å²) in [6.45, 7) is 3.16. The standard InChI is InChI=1S/C13H13BrF3NO2/c1-8-7-18(4-5-20-8)12(19)10-3-2-9(6-11(10)14)13(15,16)17/h2-3,6,8H,4-5,7H2,1H3/t8-/m1/s1. The van der Waals surface area contributed by atoms with E-state index in [0.717, 1.165) is 12.1 Å². The fraction of sp³-hybridized carbons (Fsp3) is 0.462. The fourth-order valence-electron chi connectivity index (χ4n) is 2.04. The second-order valence-corrected chi connectivity index (χ2v) is 5.48. The van der Waals surface area contributed by atoms with Gasteiger partial charge in [0.05, 0.1) is 23.8 Å².